The topological polar surface area (TPSA) is 93.6 Å². The van der Waals surface area contributed by atoms with Crippen LogP contribution < -0.4 is 10.5 Å². The summed E-state index contributed by atoms with van der Waals surface area (Å²) in [7, 11) is 0. The van der Waals surface area contributed by atoms with Gasteiger partial charge in [0.2, 0.25) is 5.88 Å². The van der Waals surface area contributed by atoms with E-state index in [0.717, 1.165) is 0 Å². The van der Waals surface area contributed by atoms with Crippen molar-refractivity contribution in [3.05, 3.63) is 47.9 Å². The van der Waals surface area contributed by atoms with E-state index < -0.39 is 0 Å². The number of ether oxygens (including phenoxy) is 1. The fourth-order valence-corrected chi connectivity index (χ4v) is 1.70. The monoisotopic (exact) mass is 286 g/mol. The van der Waals surface area contributed by atoms with E-state index in [4.69, 9.17) is 15.7 Å². The van der Waals surface area contributed by atoms with Gasteiger partial charge >= 0.3 is 0 Å². The van der Waals surface area contributed by atoms with Gasteiger partial charge in [-0.1, -0.05) is 38.1 Å². The Hall–Kier alpha value is -2.63. The van der Waals surface area contributed by atoms with Crippen molar-refractivity contribution < 1.29 is 9.94 Å². The van der Waals surface area contributed by atoms with Gasteiger partial charge in [-0.05, 0) is 23.1 Å². The van der Waals surface area contributed by atoms with Gasteiger partial charge in [0.05, 0.1) is 12.4 Å². The fraction of sp³-hybridized carbons (Fsp3) is 0.267. The van der Waals surface area contributed by atoms with E-state index in [-0.39, 0.29) is 16.9 Å². The molecule has 0 aliphatic rings. The third-order valence-corrected chi connectivity index (χ3v) is 2.94. The van der Waals surface area contributed by atoms with Crippen molar-refractivity contribution in [2.45, 2.75) is 26.2 Å². The molecule has 110 valence electrons. The molecule has 0 unspecified atom stereocenters. The van der Waals surface area contributed by atoms with Crippen LogP contribution in [-0.4, -0.2) is 21.0 Å². The Labute approximate surface area is 123 Å². The summed E-state index contributed by atoms with van der Waals surface area (Å²) >= 11 is 0. The highest BCUT2D eigenvalue weighted by molar-refractivity contribution is 5.94. The summed E-state index contributed by atoms with van der Waals surface area (Å²) in [6, 6.07) is 7.82. The number of nitrogens with two attached hydrogens (primary N) is 1. The number of hydrogen-bond acceptors (Lipinski definition) is 5. The van der Waals surface area contributed by atoms with E-state index in [1.165, 1.54) is 18.0 Å². The third kappa shape index (κ3) is 3.68. The summed E-state index contributed by atoms with van der Waals surface area (Å²) < 4.78 is 5.60. The Balaban J connectivity index is 2.11. The second kappa shape index (κ2) is 5.78. The van der Waals surface area contributed by atoms with Crippen LogP contribution in [0.2, 0.25) is 0 Å². The van der Waals surface area contributed by atoms with Gasteiger partial charge in [-0.15, -0.1) is 0 Å². The van der Waals surface area contributed by atoms with Gasteiger partial charge in [-0.2, -0.15) is 0 Å². The number of hydrogen-bond donors (Lipinski definition) is 2. The molecule has 0 radical (unpaired) electrons. The summed E-state index contributed by atoms with van der Waals surface area (Å²) in [4.78, 5) is 8.06. The Morgan fingerprint density at radius 2 is 1.81 bits per heavy atom. The molecule has 1 aromatic carbocycles. The first-order valence-corrected chi connectivity index (χ1v) is 6.48. The highest BCUT2D eigenvalue weighted by Crippen LogP contribution is 2.25. The zero-order valence-corrected chi connectivity index (χ0v) is 12.2. The summed E-state index contributed by atoms with van der Waals surface area (Å²) in [6.45, 7) is 6.46. The van der Waals surface area contributed by atoms with Gasteiger partial charge in [0.1, 0.15) is 11.4 Å². The van der Waals surface area contributed by atoms with E-state index in [1.54, 1.807) is 0 Å². The largest absolute Gasteiger partial charge is 0.438 e. The normalized spacial score (nSPS) is 12.2. The Bertz CT molecular complexity index is 628. The van der Waals surface area contributed by atoms with Crippen LogP contribution in [0.25, 0.3) is 0 Å². The molecule has 3 N–H and O–H groups in total. The molecule has 0 atom stereocenters. The van der Waals surface area contributed by atoms with Gasteiger partial charge < -0.3 is 15.7 Å². The van der Waals surface area contributed by atoms with Crippen molar-refractivity contribution in [3.8, 4) is 11.6 Å². The molecule has 1 heterocycles. The minimum absolute atomic E-state index is 0.0939. The molecule has 0 fully saturated rings. The van der Waals surface area contributed by atoms with Crippen molar-refractivity contribution in [1.29, 1.82) is 0 Å². The molecule has 0 bridgehead atoms. The molecule has 6 heteroatoms. The van der Waals surface area contributed by atoms with Crippen LogP contribution in [0.15, 0.2) is 41.8 Å². The number of oxime groups is 1. The van der Waals surface area contributed by atoms with Gasteiger partial charge in [-0.25, -0.2) is 9.97 Å². The summed E-state index contributed by atoms with van der Waals surface area (Å²) in [6.07, 6.45) is 2.80. The molecule has 21 heavy (non-hydrogen) atoms. The van der Waals surface area contributed by atoms with Crippen LogP contribution in [0.5, 0.6) is 11.6 Å². The molecule has 2 aromatic rings. The van der Waals surface area contributed by atoms with Crippen LogP contribution >= 0.6 is 0 Å². The lowest BCUT2D eigenvalue weighted by molar-refractivity contribution is 0.318. The average molecular weight is 286 g/mol. The van der Waals surface area contributed by atoms with Crippen molar-refractivity contribution in [1.82, 2.24) is 9.97 Å². The summed E-state index contributed by atoms with van der Waals surface area (Å²) in [5.41, 5.74) is 7.02. The Morgan fingerprint density at radius 1 is 1.14 bits per heavy atom. The van der Waals surface area contributed by atoms with Crippen molar-refractivity contribution in [2.75, 3.05) is 0 Å². The maximum Gasteiger partial charge on any atom is 0.237 e. The van der Waals surface area contributed by atoms with Crippen LogP contribution in [0, 0.1) is 0 Å². The lowest BCUT2D eigenvalue weighted by Crippen LogP contribution is -2.15. The van der Waals surface area contributed by atoms with Crippen molar-refractivity contribution in [3.63, 3.8) is 0 Å². The molecule has 0 amide bonds. The van der Waals surface area contributed by atoms with Crippen LogP contribution in [0.1, 0.15) is 32.0 Å². The molecule has 1 aromatic heterocycles. The smallest absolute Gasteiger partial charge is 0.237 e. The van der Waals surface area contributed by atoms with Crippen molar-refractivity contribution in [2.24, 2.45) is 10.9 Å². The van der Waals surface area contributed by atoms with E-state index >= 15 is 0 Å². The lowest BCUT2D eigenvalue weighted by Gasteiger charge is -2.19. The van der Waals surface area contributed by atoms with E-state index in [2.05, 4.69) is 35.9 Å². The zero-order valence-electron chi connectivity index (χ0n) is 12.2. The lowest BCUT2D eigenvalue weighted by atomic mass is 9.87. The summed E-state index contributed by atoms with van der Waals surface area (Å²) in [5, 5.41) is 11.4. The first-order chi connectivity index (χ1) is 9.90. The number of amidine groups is 1. The fourth-order valence-electron chi connectivity index (χ4n) is 1.70. The number of rotatable bonds is 3. The minimum Gasteiger partial charge on any atom is -0.438 e. The molecule has 0 saturated carbocycles. The standard InChI is InChI=1S/C15H18N4O2/c1-15(2,3)10-4-6-11(7-5-10)21-13-9-17-12(8-18-13)14(16)19-20/h4-9,20H,1-3H3,(H2,16,19). The van der Waals surface area contributed by atoms with Gasteiger partial charge in [-0.3, -0.25) is 0 Å². The minimum atomic E-state index is -0.0939. The van der Waals surface area contributed by atoms with Crippen molar-refractivity contribution >= 4 is 5.84 Å². The average Bonchev–Trinajstić information content (AvgIpc) is 2.47. The Kier molecular flexibility index (Phi) is 4.07. The second-order valence-corrected chi connectivity index (χ2v) is 5.60. The highest BCUT2D eigenvalue weighted by Gasteiger charge is 2.13. The molecule has 0 aliphatic carbocycles. The van der Waals surface area contributed by atoms with Crippen LogP contribution in [0.3, 0.4) is 0 Å². The third-order valence-electron chi connectivity index (χ3n) is 2.94. The van der Waals surface area contributed by atoms with Crippen LogP contribution in [-0.2, 0) is 5.41 Å². The highest BCUT2D eigenvalue weighted by atomic mass is 16.5. The van der Waals surface area contributed by atoms with Gasteiger partial charge in [0.25, 0.3) is 0 Å². The Morgan fingerprint density at radius 3 is 2.29 bits per heavy atom. The van der Waals surface area contributed by atoms with Gasteiger partial charge in [0.15, 0.2) is 5.84 Å². The van der Waals surface area contributed by atoms with E-state index in [0.29, 0.717) is 11.6 Å². The number of aromatic nitrogens is 2. The van der Waals surface area contributed by atoms with E-state index in [1.807, 2.05) is 24.3 Å². The van der Waals surface area contributed by atoms with E-state index in [9.17, 15) is 0 Å². The molecular weight excluding hydrogens is 268 g/mol. The maximum absolute atomic E-state index is 8.55. The summed E-state index contributed by atoms with van der Waals surface area (Å²) in [5.74, 6) is 0.922. The van der Waals surface area contributed by atoms with Gasteiger partial charge in [0, 0.05) is 0 Å². The zero-order chi connectivity index (χ0) is 15.5. The number of nitrogens with zero attached hydrogens (tertiary/aromatic N) is 3. The maximum atomic E-state index is 8.55. The molecular formula is C15H18N4O2. The molecule has 6 nitrogen and oxygen atoms in total. The first-order valence-electron chi connectivity index (χ1n) is 6.48. The second-order valence-electron chi connectivity index (χ2n) is 5.60. The molecule has 2 rings (SSSR count). The number of benzene rings is 1. The predicted molar refractivity (Wildman–Crippen MR) is 79.8 cm³/mol. The quantitative estimate of drug-likeness (QED) is 0.391. The van der Waals surface area contributed by atoms with Crippen LogP contribution in [0.4, 0.5) is 0 Å². The predicted octanol–water partition coefficient (Wildman–Crippen LogP) is 2.66. The first kappa shape index (κ1) is 14.8. The SMILES string of the molecule is CC(C)(C)c1ccc(Oc2cnc(C(N)=NO)cn2)cc1. The molecule has 0 saturated heterocycles. The molecule has 0 spiro atoms. The molecule has 0 aliphatic heterocycles.